The second kappa shape index (κ2) is 9.04. The number of nitrogens with zero attached hydrogens (tertiary/aromatic N) is 4. The van der Waals surface area contributed by atoms with Crippen LogP contribution in [0, 0.1) is 0 Å². The molecule has 0 saturated carbocycles. The quantitative estimate of drug-likeness (QED) is 0.673. The molecule has 0 radical (unpaired) electrons. The SMILES string of the molecule is COCc1ccc(C(=O)NC2CCc3nn(Cc4cccnc4)c(=O)n3CC2)cc1. The van der Waals surface area contributed by atoms with E-state index in [1.54, 1.807) is 24.1 Å². The van der Waals surface area contributed by atoms with E-state index in [-0.39, 0.29) is 17.6 Å². The summed E-state index contributed by atoms with van der Waals surface area (Å²) in [5, 5.41) is 7.62. The maximum atomic E-state index is 12.8. The van der Waals surface area contributed by atoms with Crippen molar-refractivity contribution in [2.75, 3.05) is 7.11 Å². The maximum Gasteiger partial charge on any atom is 0.346 e. The Morgan fingerprint density at radius 3 is 2.77 bits per heavy atom. The van der Waals surface area contributed by atoms with E-state index in [1.165, 1.54) is 4.68 Å². The third-order valence-corrected chi connectivity index (χ3v) is 5.33. The van der Waals surface area contributed by atoms with E-state index in [9.17, 15) is 9.59 Å². The van der Waals surface area contributed by atoms with Gasteiger partial charge in [-0.25, -0.2) is 9.48 Å². The highest BCUT2D eigenvalue weighted by atomic mass is 16.5. The van der Waals surface area contributed by atoms with Gasteiger partial charge in [0.2, 0.25) is 0 Å². The molecule has 3 aromatic rings. The van der Waals surface area contributed by atoms with Crippen molar-refractivity contribution in [1.82, 2.24) is 24.6 Å². The average molecular weight is 407 g/mol. The predicted octanol–water partition coefficient (Wildman–Crippen LogP) is 1.77. The molecule has 30 heavy (non-hydrogen) atoms. The van der Waals surface area contributed by atoms with E-state index < -0.39 is 0 Å². The Morgan fingerprint density at radius 2 is 2.03 bits per heavy atom. The highest BCUT2D eigenvalue weighted by Gasteiger charge is 2.22. The smallest absolute Gasteiger partial charge is 0.346 e. The summed E-state index contributed by atoms with van der Waals surface area (Å²) in [6.07, 6.45) is 5.53. The van der Waals surface area contributed by atoms with Crippen molar-refractivity contribution in [1.29, 1.82) is 0 Å². The summed E-state index contributed by atoms with van der Waals surface area (Å²) in [5.41, 5.74) is 2.47. The molecule has 8 heteroatoms. The van der Waals surface area contributed by atoms with Crippen molar-refractivity contribution in [2.24, 2.45) is 0 Å². The number of aromatic nitrogens is 4. The fourth-order valence-corrected chi connectivity index (χ4v) is 3.73. The van der Waals surface area contributed by atoms with E-state index >= 15 is 0 Å². The molecule has 1 aromatic carbocycles. The number of hydrogen-bond acceptors (Lipinski definition) is 5. The van der Waals surface area contributed by atoms with E-state index in [4.69, 9.17) is 4.74 Å². The first-order valence-corrected chi connectivity index (χ1v) is 10.1. The van der Waals surface area contributed by atoms with E-state index in [1.807, 2.05) is 36.4 Å². The van der Waals surface area contributed by atoms with Gasteiger partial charge in [-0.3, -0.25) is 14.3 Å². The van der Waals surface area contributed by atoms with Crippen LogP contribution in [0.5, 0.6) is 0 Å². The van der Waals surface area contributed by atoms with E-state index in [0.717, 1.165) is 23.4 Å². The molecule has 0 saturated heterocycles. The normalized spacial score (nSPS) is 16.0. The van der Waals surface area contributed by atoms with Crippen molar-refractivity contribution < 1.29 is 9.53 Å². The third kappa shape index (κ3) is 4.49. The van der Waals surface area contributed by atoms with Crippen LogP contribution in [-0.2, 0) is 30.9 Å². The van der Waals surface area contributed by atoms with Gasteiger partial charge in [-0.15, -0.1) is 0 Å². The number of pyridine rings is 1. The molecule has 3 heterocycles. The topological polar surface area (TPSA) is 91.0 Å². The highest BCUT2D eigenvalue weighted by Crippen LogP contribution is 2.14. The molecule has 0 spiro atoms. The summed E-state index contributed by atoms with van der Waals surface area (Å²) in [7, 11) is 1.64. The van der Waals surface area contributed by atoms with Crippen LogP contribution in [-0.4, -0.2) is 38.4 Å². The number of benzene rings is 1. The second-order valence-electron chi connectivity index (χ2n) is 7.50. The molecule has 1 N–H and O–H groups in total. The van der Waals surface area contributed by atoms with Gasteiger partial charge in [0.1, 0.15) is 5.82 Å². The Hall–Kier alpha value is -3.26. The number of methoxy groups -OCH3 is 1. The Kier molecular flexibility index (Phi) is 6.04. The Labute approximate surface area is 174 Å². The molecule has 0 fully saturated rings. The van der Waals surface area contributed by atoms with Gasteiger partial charge in [0, 0.05) is 44.1 Å². The van der Waals surface area contributed by atoms with Gasteiger partial charge in [-0.05, 0) is 42.2 Å². The molecule has 1 atom stereocenters. The van der Waals surface area contributed by atoms with Crippen LogP contribution < -0.4 is 11.0 Å². The summed E-state index contributed by atoms with van der Waals surface area (Å²) in [6, 6.07) is 11.2. The molecular weight excluding hydrogens is 382 g/mol. The summed E-state index contributed by atoms with van der Waals surface area (Å²) in [6.45, 7) is 1.47. The molecule has 2 aromatic heterocycles. The lowest BCUT2D eigenvalue weighted by atomic mass is 10.1. The van der Waals surface area contributed by atoms with Crippen LogP contribution in [0.25, 0.3) is 0 Å². The number of rotatable bonds is 6. The number of amides is 1. The number of hydrogen-bond donors (Lipinski definition) is 1. The molecule has 1 aliphatic rings. The Morgan fingerprint density at radius 1 is 1.20 bits per heavy atom. The van der Waals surface area contributed by atoms with Crippen molar-refractivity contribution in [3.05, 3.63) is 81.8 Å². The van der Waals surface area contributed by atoms with E-state index in [0.29, 0.717) is 38.1 Å². The number of ether oxygens (including phenoxy) is 1. The number of fused-ring (bicyclic) bond motifs is 1. The molecule has 0 aliphatic carbocycles. The lowest BCUT2D eigenvalue weighted by Gasteiger charge is -2.16. The van der Waals surface area contributed by atoms with Gasteiger partial charge >= 0.3 is 5.69 Å². The van der Waals surface area contributed by atoms with Crippen LogP contribution in [0.1, 0.15) is 40.2 Å². The first-order valence-electron chi connectivity index (χ1n) is 10.1. The van der Waals surface area contributed by atoms with E-state index in [2.05, 4.69) is 15.4 Å². The van der Waals surface area contributed by atoms with Crippen LogP contribution >= 0.6 is 0 Å². The fourth-order valence-electron chi connectivity index (χ4n) is 3.73. The minimum absolute atomic E-state index is 0.00373. The van der Waals surface area contributed by atoms with Crippen LogP contribution in [0.2, 0.25) is 0 Å². The molecule has 1 unspecified atom stereocenters. The van der Waals surface area contributed by atoms with Crippen LogP contribution in [0.3, 0.4) is 0 Å². The molecule has 8 nitrogen and oxygen atoms in total. The molecular formula is C22H25N5O3. The minimum Gasteiger partial charge on any atom is -0.380 e. The van der Waals surface area contributed by atoms with Gasteiger partial charge in [0.15, 0.2) is 0 Å². The Bertz CT molecular complexity index is 1060. The molecule has 1 amide bonds. The average Bonchev–Trinajstić information content (AvgIpc) is 2.92. The summed E-state index contributed by atoms with van der Waals surface area (Å²) in [5.74, 6) is 0.669. The minimum atomic E-state index is -0.116. The van der Waals surface area contributed by atoms with Crippen LogP contribution in [0.15, 0.2) is 53.6 Å². The molecule has 1 aliphatic heterocycles. The molecule has 4 rings (SSSR count). The maximum absolute atomic E-state index is 12.8. The first-order chi connectivity index (χ1) is 14.6. The third-order valence-electron chi connectivity index (χ3n) is 5.33. The second-order valence-corrected chi connectivity index (χ2v) is 7.50. The molecule has 0 bridgehead atoms. The predicted molar refractivity (Wildman–Crippen MR) is 111 cm³/mol. The van der Waals surface area contributed by atoms with Gasteiger partial charge < -0.3 is 10.1 Å². The first kappa shape index (κ1) is 20.0. The zero-order chi connectivity index (χ0) is 20.9. The zero-order valence-electron chi connectivity index (χ0n) is 17.0. The van der Waals surface area contributed by atoms with Crippen molar-refractivity contribution in [3.63, 3.8) is 0 Å². The standard InChI is InChI=1S/C22H25N5O3/c1-30-15-16-4-6-18(7-5-16)21(28)24-19-8-9-20-25-27(22(29)26(20)12-10-19)14-17-3-2-11-23-13-17/h2-7,11,13,19H,8-10,12,14-15H2,1H3,(H,24,28). The van der Waals surface area contributed by atoms with Crippen molar-refractivity contribution >= 4 is 5.91 Å². The van der Waals surface area contributed by atoms with Gasteiger partial charge in [0.25, 0.3) is 5.91 Å². The summed E-state index contributed by atoms with van der Waals surface area (Å²) < 4.78 is 8.32. The van der Waals surface area contributed by atoms with Gasteiger partial charge in [0.05, 0.1) is 13.2 Å². The zero-order valence-corrected chi connectivity index (χ0v) is 17.0. The lowest BCUT2D eigenvalue weighted by molar-refractivity contribution is 0.0932. The van der Waals surface area contributed by atoms with Crippen LogP contribution in [0.4, 0.5) is 0 Å². The monoisotopic (exact) mass is 407 g/mol. The molecule has 156 valence electrons. The number of carbonyl (C=O) groups excluding carboxylic acids is 1. The summed E-state index contributed by atoms with van der Waals surface area (Å²) in [4.78, 5) is 29.4. The number of nitrogens with one attached hydrogen (secondary N) is 1. The number of carbonyl (C=O) groups is 1. The fraction of sp³-hybridized carbons (Fsp3) is 0.364. The number of aryl methyl sites for hydroxylation is 1. The van der Waals surface area contributed by atoms with Crippen molar-refractivity contribution in [2.45, 2.75) is 45.0 Å². The largest absolute Gasteiger partial charge is 0.380 e. The summed E-state index contributed by atoms with van der Waals surface area (Å²) >= 11 is 0. The van der Waals surface area contributed by atoms with Gasteiger partial charge in [-0.2, -0.15) is 5.10 Å². The Balaban J connectivity index is 1.38. The van der Waals surface area contributed by atoms with Crippen molar-refractivity contribution in [3.8, 4) is 0 Å². The lowest BCUT2D eigenvalue weighted by Crippen LogP contribution is -2.35. The van der Waals surface area contributed by atoms with Gasteiger partial charge in [-0.1, -0.05) is 18.2 Å². The highest BCUT2D eigenvalue weighted by molar-refractivity contribution is 5.94.